The molecule has 1 atom stereocenters. The van der Waals surface area contributed by atoms with E-state index in [-0.39, 0.29) is 0 Å². The van der Waals surface area contributed by atoms with Crippen LogP contribution in [0.2, 0.25) is 0 Å². The molecule has 0 nitrogen and oxygen atoms in total. The van der Waals surface area contributed by atoms with Crippen molar-refractivity contribution >= 4 is 12.2 Å². The molecule has 0 spiro atoms. The molecule has 1 unspecified atom stereocenters. The van der Waals surface area contributed by atoms with Crippen LogP contribution in [-0.4, -0.2) is 0 Å². The highest BCUT2D eigenvalue weighted by Gasteiger charge is 2.12. The third kappa shape index (κ3) is 56.9. The van der Waals surface area contributed by atoms with Gasteiger partial charge in [0.25, 0.3) is 0 Å². The normalized spacial score (nSPS) is 12.3. The Balaban J connectivity index is 1.61. The zero-order chi connectivity index (χ0) is 60.3. The lowest BCUT2D eigenvalue weighted by atomic mass is 9.87. The minimum absolute atomic E-state index is 0.624. The molecule has 491 valence electrons. The van der Waals surface area contributed by atoms with E-state index in [4.69, 9.17) is 0 Å². The first-order valence-corrected chi connectivity index (χ1v) is 39.6. The van der Waals surface area contributed by atoms with Gasteiger partial charge in [-0.1, -0.05) is 460 Å². The van der Waals surface area contributed by atoms with Gasteiger partial charge in [-0.05, 0) is 79.5 Å². The molecule has 0 saturated heterocycles. The molecule has 2 aromatic carbocycles. The highest BCUT2D eigenvalue weighted by Crippen LogP contribution is 2.25. The Morgan fingerprint density at radius 2 is 0.494 bits per heavy atom. The fourth-order valence-corrected chi connectivity index (χ4v) is 13.5. The van der Waals surface area contributed by atoms with Crippen molar-refractivity contribution in [3.05, 3.63) is 89.4 Å². The van der Waals surface area contributed by atoms with Crippen molar-refractivity contribution in [3.8, 4) is 0 Å². The van der Waals surface area contributed by atoms with Crippen LogP contribution in [0.15, 0.2) is 60.7 Å². The lowest BCUT2D eigenvalue weighted by molar-refractivity contribution is 0.483. The molecule has 85 heavy (non-hydrogen) atoms. The maximum Gasteiger partial charge on any atom is -0.0245 e. The van der Waals surface area contributed by atoms with Gasteiger partial charge >= 0.3 is 0 Å². The second-order valence-electron chi connectivity index (χ2n) is 27.9. The van der Waals surface area contributed by atoms with Gasteiger partial charge in [-0.15, -0.1) is 0 Å². The van der Waals surface area contributed by atoms with Crippen molar-refractivity contribution in [1.82, 2.24) is 0 Å². The lowest BCUT2D eigenvalue weighted by Gasteiger charge is -2.18. The zero-order valence-electron chi connectivity index (χ0n) is 58.3. The van der Waals surface area contributed by atoms with Gasteiger partial charge in [-0.3, -0.25) is 0 Å². The van der Waals surface area contributed by atoms with Crippen LogP contribution in [-0.2, 0) is 12.8 Å². The summed E-state index contributed by atoms with van der Waals surface area (Å²) in [6.45, 7) is 6.95. The number of rotatable bonds is 69. The van der Waals surface area contributed by atoms with E-state index in [0.717, 1.165) is 6.42 Å². The monoisotopic (exact) mass is 1170 g/mol. The van der Waals surface area contributed by atoms with Crippen molar-refractivity contribution in [2.24, 2.45) is 5.92 Å². The highest BCUT2D eigenvalue weighted by atomic mass is 14.2. The van der Waals surface area contributed by atoms with Crippen molar-refractivity contribution < 1.29 is 0 Å². The summed E-state index contributed by atoms with van der Waals surface area (Å²) in [5.74, 6) is 0.624. The molecule has 0 aliphatic carbocycles. The van der Waals surface area contributed by atoms with E-state index in [2.05, 4.69) is 100 Å². The van der Waals surface area contributed by atoms with Crippen molar-refractivity contribution in [1.29, 1.82) is 0 Å². The third-order valence-corrected chi connectivity index (χ3v) is 19.3. The Kier molecular flexibility index (Phi) is 61.7. The number of allylic oxidation sites excluding steroid dienone is 2. The molecule has 0 heteroatoms. The predicted molar refractivity (Wildman–Crippen MR) is 389 cm³/mol. The van der Waals surface area contributed by atoms with Gasteiger partial charge in [-0.25, -0.2) is 0 Å². The second-order valence-corrected chi connectivity index (χ2v) is 27.9. The summed E-state index contributed by atoms with van der Waals surface area (Å²) in [5.41, 5.74) is 5.75. The predicted octanol–water partition coefficient (Wildman–Crippen LogP) is 30.6. The Hall–Kier alpha value is -2.08. The molecule has 0 heterocycles. The quantitative estimate of drug-likeness (QED) is 0.0579. The first kappa shape index (κ1) is 79.0. The maximum atomic E-state index is 2.69. The molecule has 0 N–H and O–H groups in total. The van der Waals surface area contributed by atoms with Gasteiger partial charge in [0.05, 0.1) is 0 Å². The summed E-state index contributed by atoms with van der Waals surface area (Å²) in [5, 5.41) is 0. The first-order chi connectivity index (χ1) is 42.2. The van der Waals surface area contributed by atoms with Crippen LogP contribution in [0.1, 0.15) is 441 Å². The molecule has 0 bridgehead atoms. The van der Waals surface area contributed by atoms with E-state index >= 15 is 0 Å². The molecule has 0 fully saturated rings. The summed E-state index contributed by atoms with van der Waals surface area (Å²) < 4.78 is 0. The Morgan fingerprint density at radius 3 is 0.776 bits per heavy atom. The van der Waals surface area contributed by atoms with Crippen molar-refractivity contribution in [3.63, 3.8) is 0 Å². The molecule has 0 saturated carbocycles. The topological polar surface area (TPSA) is 0 Å². The molecular formula is C85H151. The van der Waals surface area contributed by atoms with E-state index in [9.17, 15) is 0 Å². The van der Waals surface area contributed by atoms with Crippen LogP contribution in [0.25, 0.3) is 12.2 Å². The maximum absolute atomic E-state index is 2.69. The minimum Gasteiger partial charge on any atom is -0.0839 e. The van der Waals surface area contributed by atoms with E-state index < -0.39 is 0 Å². The van der Waals surface area contributed by atoms with Crippen molar-refractivity contribution in [2.75, 3.05) is 0 Å². The Labute approximate surface area is 536 Å². The minimum atomic E-state index is 0.624. The molecule has 0 aliphatic rings. The van der Waals surface area contributed by atoms with Crippen LogP contribution in [0.5, 0.6) is 0 Å². The molecule has 0 aliphatic heterocycles. The van der Waals surface area contributed by atoms with Gasteiger partial charge in [0.15, 0.2) is 0 Å². The zero-order valence-corrected chi connectivity index (χ0v) is 58.3. The number of hydrogen-bond donors (Lipinski definition) is 0. The van der Waals surface area contributed by atoms with Gasteiger partial charge < -0.3 is 0 Å². The van der Waals surface area contributed by atoms with Gasteiger partial charge in [0.1, 0.15) is 0 Å². The van der Waals surface area contributed by atoms with Crippen LogP contribution in [0, 0.1) is 12.3 Å². The largest absolute Gasteiger partial charge is 0.0839 e. The fraction of sp³-hybridized carbons (Fsp3) is 0.800. The average molecular weight is 1170 g/mol. The summed E-state index contributed by atoms with van der Waals surface area (Å²) in [7, 11) is 0. The Morgan fingerprint density at radius 1 is 0.259 bits per heavy atom. The van der Waals surface area contributed by atoms with Gasteiger partial charge in [0.2, 0.25) is 0 Å². The molecule has 2 rings (SSSR count). The number of unbranched alkanes of at least 4 members (excludes halogenated alkanes) is 58. The average Bonchev–Trinajstić information content (AvgIpc) is 3.59. The number of benzene rings is 2. The van der Waals surface area contributed by atoms with E-state index in [1.54, 1.807) is 0 Å². The smallest absolute Gasteiger partial charge is 0.0245 e. The SMILES string of the molecule is CCCCCCCCCCCCCCCCCCCCCCCCCC=Cc1cccc(C[CH]C(CCCCCCCCCCCCCCC)Cc2cccc(C=CCCCCCCCCCCCCCCCCCCCCCCCCC)c2)c1. The molecule has 2 aromatic rings. The van der Waals surface area contributed by atoms with Crippen LogP contribution < -0.4 is 0 Å². The van der Waals surface area contributed by atoms with Crippen molar-refractivity contribution in [2.45, 2.75) is 432 Å². The van der Waals surface area contributed by atoms with Crippen LogP contribution >= 0.6 is 0 Å². The van der Waals surface area contributed by atoms with E-state index in [1.165, 1.54) is 427 Å². The summed E-state index contributed by atoms with van der Waals surface area (Å²) >= 11 is 0. The lowest BCUT2D eigenvalue weighted by Crippen LogP contribution is -2.08. The second kappa shape index (κ2) is 66.3. The fourth-order valence-electron chi connectivity index (χ4n) is 13.5. The number of hydrogen-bond acceptors (Lipinski definition) is 0. The van der Waals surface area contributed by atoms with E-state index in [1.807, 2.05) is 0 Å². The van der Waals surface area contributed by atoms with Gasteiger partial charge in [0, 0.05) is 0 Å². The Bertz CT molecular complexity index is 1640. The van der Waals surface area contributed by atoms with E-state index in [0.29, 0.717) is 5.92 Å². The van der Waals surface area contributed by atoms with Gasteiger partial charge in [-0.2, -0.15) is 0 Å². The summed E-state index contributed by atoms with van der Waals surface area (Å²) in [6, 6.07) is 19.0. The van der Waals surface area contributed by atoms with Crippen LogP contribution in [0.3, 0.4) is 0 Å². The first-order valence-electron chi connectivity index (χ1n) is 39.6. The summed E-state index contributed by atoms with van der Waals surface area (Å²) in [6.07, 6.45) is 104. The third-order valence-electron chi connectivity index (χ3n) is 19.3. The standard InChI is InChI=1S/C85H151/c1-4-7-10-13-16-19-22-25-27-29-31-33-35-37-39-41-43-45-47-50-53-55-58-61-64-69-81-72-67-74-84(78-81)77-76-83(71-66-63-60-57-52-49-24-21-18-15-12-9-6-3)80-85-75-68-73-82(79-85)70-65-62-59-56-54-51-48-46-44-42-40-38-36-34-32-30-28-26-23-20-17-14-11-8-5-2/h64-65,67-70,72-76,78-79,83H,4-63,66,71,77,80H2,1-3H3. The molecular weight excluding hydrogens is 1020 g/mol. The molecule has 0 aromatic heterocycles. The molecule has 1 radical (unpaired) electrons. The summed E-state index contributed by atoms with van der Waals surface area (Å²) in [4.78, 5) is 0. The molecule has 0 amide bonds. The highest BCUT2D eigenvalue weighted by molar-refractivity contribution is 5.51. The van der Waals surface area contributed by atoms with Crippen LogP contribution in [0.4, 0.5) is 0 Å².